The number of ketones is 1. The van der Waals surface area contributed by atoms with Crippen molar-refractivity contribution in [1.29, 1.82) is 0 Å². The van der Waals surface area contributed by atoms with Crippen LogP contribution in [0, 0.1) is 0 Å². The van der Waals surface area contributed by atoms with E-state index in [1.54, 1.807) is 6.08 Å². The largest absolute Gasteiger partial charge is 0.494 e. The zero-order valence-electron chi connectivity index (χ0n) is 11.5. The molecule has 0 heterocycles. The minimum Gasteiger partial charge on any atom is -0.494 e. The number of carbonyl (C=O) groups is 1. The molecule has 19 heavy (non-hydrogen) atoms. The Kier molecular flexibility index (Phi) is 6.68. The summed E-state index contributed by atoms with van der Waals surface area (Å²) in [6, 6.07) is 5.54. The van der Waals surface area contributed by atoms with E-state index in [-0.39, 0.29) is 19.0 Å². The van der Waals surface area contributed by atoms with Gasteiger partial charge in [-0.25, -0.2) is 0 Å². The molecule has 0 spiro atoms. The highest BCUT2D eigenvalue weighted by Crippen LogP contribution is 2.25. The van der Waals surface area contributed by atoms with Crippen molar-refractivity contribution in [2.75, 3.05) is 26.9 Å². The molecule has 4 nitrogen and oxygen atoms in total. The third-order valence-corrected chi connectivity index (χ3v) is 2.40. The first kappa shape index (κ1) is 15.2. The van der Waals surface area contributed by atoms with E-state index in [1.165, 1.54) is 7.11 Å². The van der Waals surface area contributed by atoms with Gasteiger partial charge in [0.1, 0.15) is 24.7 Å². The van der Waals surface area contributed by atoms with Crippen molar-refractivity contribution in [3.05, 3.63) is 36.4 Å². The molecule has 104 valence electrons. The van der Waals surface area contributed by atoms with Gasteiger partial charge in [-0.3, -0.25) is 4.79 Å². The van der Waals surface area contributed by atoms with Gasteiger partial charge in [0.05, 0.1) is 6.61 Å². The molecule has 1 rings (SSSR count). The summed E-state index contributed by atoms with van der Waals surface area (Å²) >= 11 is 0. The molecule has 0 aliphatic carbocycles. The van der Waals surface area contributed by atoms with Crippen LogP contribution in [0.5, 0.6) is 11.5 Å². The highest BCUT2D eigenvalue weighted by atomic mass is 16.5. The number of hydrogen-bond acceptors (Lipinski definition) is 4. The molecule has 0 aromatic heterocycles. The average molecular weight is 264 g/mol. The molecule has 1 aromatic rings. The second-order valence-electron chi connectivity index (χ2n) is 3.96. The van der Waals surface area contributed by atoms with Crippen LogP contribution in [-0.4, -0.2) is 32.7 Å². The SMILES string of the molecule is C=CCc1cc(OCC)ccc1OCC(=O)COC. The predicted molar refractivity (Wildman–Crippen MR) is 73.9 cm³/mol. The van der Waals surface area contributed by atoms with Gasteiger partial charge in [0, 0.05) is 12.7 Å². The average Bonchev–Trinajstić information content (AvgIpc) is 2.39. The quantitative estimate of drug-likeness (QED) is 0.642. The van der Waals surface area contributed by atoms with Crippen molar-refractivity contribution < 1.29 is 19.0 Å². The van der Waals surface area contributed by atoms with Crippen LogP contribution in [0.15, 0.2) is 30.9 Å². The highest BCUT2D eigenvalue weighted by molar-refractivity contribution is 5.81. The fourth-order valence-corrected chi connectivity index (χ4v) is 1.63. The third-order valence-electron chi connectivity index (χ3n) is 2.40. The zero-order valence-corrected chi connectivity index (χ0v) is 11.5. The minimum atomic E-state index is -0.0964. The highest BCUT2D eigenvalue weighted by Gasteiger charge is 2.08. The van der Waals surface area contributed by atoms with Crippen LogP contribution < -0.4 is 9.47 Å². The summed E-state index contributed by atoms with van der Waals surface area (Å²) in [7, 11) is 1.48. The maximum atomic E-state index is 11.4. The van der Waals surface area contributed by atoms with E-state index < -0.39 is 0 Å². The molecule has 1 aromatic carbocycles. The second kappa shape index (κ2) is 8.32. The van der Waals surface area contributed by atoms with Gasteiger partial charge in [0.15, 0.2) is 5.78 Å². The van der Waals surface area contributed by atoms with Crippen LogP contribution in [0.4, 0.5) is 0 Å². The number of benzene rings is 1. The minimum absolute atomic E-state index is 0.00592. The van der Waals surface area contributed by atoms with Crippen molar-refractivity contribution in [3.8, 4) is 11.5 Å². The van der Waals surface area contributed by atoms with Gasteiger partial charge in [0.2, 0.25) is 0 Å². The van der Waals surface area contributed by atoms with Gasteiger partial charge in [0.25, 0.3) is 0 Å². The number of Topliss-reactive ketones (excluding diaryl/α,β-unsaturated/α-hetero) is 1. The van der Waals surface area contributed by atoms with Crippen LogP contribution in [0.1, 0.15) is 12.5 Å². The number of methoxy groups -OCH3 is 1. The van der Waals surface area contributed by atoms with Gasteiger partial charge in [-0.2, -0.15) is 0 Å². The lowest BCUT2D eigenvalue weighted by Gasteiger charge is -2.12. The Morgan fingerprint density at radius 2 is 2.11 bits per heavy atom. The number of carbonyl (C=O) groups excluding carboxylic acids is 1. The van der Waals surface area contributed by atoms with E-state index in [2.05, 4.69) is 6.58 Å². The van der Waals surface area contributed by atoms with E-state index in [0.717, 1.165) is 11.3 Å². The van der Waals surface area contributed by atoms with Crippen LogP contribution in [0.25, 0.3) is 0 Å². The maximum Gasteiger partial charge on any atom is 0.195 e. The Bertz CT molecular complexity index is 426. The molecule has 0 N–H and O–H groups in total. The molecule has 0 fully saturated rings. The Balaban J connectivity index is 2.75. The van der Waals surface area contributed by atoms with Crippen LogP contribution in [0.2, 0.25) is 0 Å². The lowest BCUT2D eigenvalue weighted by atomic mass is 10.1. The fourth-order valence-electron chi connectivity index (χ4n) is 1.63. The molecule has 0 saturated carbocycles. The van der Waals surface area contributed by atoms with Crippen molar-refractivity contribution in [3.63, 3.8) is 0 Å². The molecule has 0 bridgehead atoms. The molecule has 0 aliphatic rings. The van der Waals surface area contributed by atoms with Crippen molar-refractivity contribution in [1.82, 2.24) is 0 Å². The topological polar surface area (TPSA) is 44.8 Å². The van der Waals surface area contributed by atoms with E-state index in [4.69, 9.17) is 14.2 Å². The van der Waals surface area contributed by atoms with Crippen LogP contribution >= 0.6 is 0 Å². The van der Waals surface area contributed by atoms with Gasteiger partial charge in [-0.1, -0.05) is 6.08 Å². The summed E-state index contributed by atoms with van der Waals surface area (Å²) in [6.45, 7) is 6.33. The Hall–Kier alpha value is -1.81. The number of allylic oxidation sites excluding steroid dienone is 1. The summed E-state index contributed by atoms with van der Waals surface area (Å²) in [5.74, 6) is 1.36. The van der Waals surface area contributed by atoms with Crippen molar-refractivity contribution >= 4 is 5.78 Å². The van der Waals surface area contributed by atoms with E-state index in [9.17, 15) is 4.79 Å². The number of ether oxygens (including phenoxy) is 3. The zero-order chi connectivity index (χ0) is 14.1. The van der Waals surface area contributed by atoms with Crippen molar-refractivity contribution in [2.24, 2.45) is 0 Å². The van der Waals surface area contributed by atoms with E-state index in [1.807, 2.05) is 25.1 Å². The first-order valence-electron chi connectivity index (χ1n) is 6.21. The van der Waals surface area contributed by atoms with E-state index >= 15 is 0 Å². The normalized spacial score (nSPS) is 10.0. The van der Waals surface area contributed by atoms with E-state index in [0.29, 0.717) is 18.8 Å². The molecular weight excluding hydrogens is 244 g/mol. The predicted octanol–water partition coefficient (Wildman–Crippen LogP) is 2.41. The Morgan fingerprint density at radius 1 is 1.32 bits per heavy atom. The van der Waals surface area contributed by atoms with Gasteiger partial charge < -0.3 is 14.2 Å². The van der Waals surface area contributed by atoms with Gasteiger partial charge in [-0.15, -0.1) is 6.58 Å². The summed E-state index contributed by atoms with van der Waals surface area (Å²) in [6.07, 6.45) is 2.45. The third kappa shape index (κ3) is 5.14. The van der Waals surface area contributed by atoms with Gasteiger partial charge >= 0.3 is 0 Å². The van der Waals surface area contributed by atoms with Gasteiger partial charge in [-0.05, 0) is 31.5 Å². The molecule has 0 radical (unpaired) electrons. The molecule has 0 amide bonds. The monoisotopic (exact) mass is 264 g/mol. The Labute approximate surface area is 114 Å². The number of hydrogen-bond donors (Lipinski definition) is 0. The molecule has 0 unspecified atom stereocenters. The Morgan fingerprint density at radius 3 is 2.74 bits per heavy atom. The lowest BCUT2D eigenvalue weighted by molar-refractivity contribution is -0.124. The smallest absolute Gasteiger partial charge is 0.195 e. The molecule has 4 heteroatoms. The second-order valence-corrected chi connectivity index (χ2v) is 3.96. The summed E-state index contributed by atoms with van der Waals surface area (Å²) in [5.41, 5.74) is 0.950. The maximum absolute atomic E-state index is 11.4. The van der Waals surface area contributed by atoms with Crippen LogP contribution in [-0.2, 0) is 16.0 Å². The number of rotatable bonds is 9. The molecule has 0 saturated heterocycles. The fraction of sp³-hybridized carbons (Fsp3) is 0.400. The first-order chi connectivity index (χ1) is 9.21. The molecular formula is C15H20O4. The molecule has 0 aliphatic heterocycles. The standard InChI is InChI=1S/C15H20O4/c1-4-6-12-9-14(18-5-2)7-8-15(12)19-11-13(16)10-17-3/h4,7-9H,1,5-6,10-11H2,2-3H3. The summed E-state index contributed by atoms with van der Waals surface area (Å²) in [5, 5.41) is 0. The summed E-state index contributed by atoms with van der Waals surface area (Å²) in [4.78, 5) is 11.4. The van der Waals surface area contributed by atoms with Crippen molar-refractivity contribution in [2.45, 2.75) is 13.3 Å². The summed E-state index contributed by atoms with van der Waals surface area (Å²) < 4.78 is 15.7. The first-order valence-corrected chi connectivity index (χ1v) is 6.21. The molecule has 0 atom stereocenters. The van der Waals surface area contributed by atoms with Crippen LogP contribution in [0.3, 0.4) is 0 Å². The lowest BCUT2D eigenvalue weighted by Crippen LogP contribution is -2.16.